The summed E-state index contributed by atoms with van der Waals surface area (Å²) in [6.07, 6.45) is -1.80. The second kappa shape index (κ2) is 13.6. The van der Waals surface area contributed by atoms with Gasteiger partial charge in [0, 0.05) is 6.54 Å². The second-order valence-electron chi connectivity index (χ2n) is 10.3. The Kier molecular flexibility index (Phi) is 9.98. The van der Waals surface area contributed by atoms with E-state index in [1.54, 1.807) is 0 Å². The molecule has 5 atom stereocenters. The Balaban J connectivity index is 1.40. The van der Waals surface area contributed by atoms with Gasteiger partial charge in [0.15, 0.2) is 6.29 Å². The molecule has 2 aromatic carbocycles. The van der Waals surface area contributed by atoms with Gasteiger partial charge in [0.05, 0.1) is 37.8 Å². The summed E-state index contributed by atoms with van der Waals surface area (Å²) in [5.74, 6) is 0.167. The molecule has 206 valence electrons. The summed E-state index contributed by atoms with van der Waals surface area (Å²) < 4.78 is 22.3. The molecular formula is C29H38N2O7. The molecule has 2 aromatic rings. The monoisotopic (exact) mass is 526 g/mol. The molecule has 2 unspecified atom stereocenters. The fraction of sp³-hybridized carbons (Fsp3) is 0.517. The summed E-state index contributed by atoms with van der Waals surface area (Å²) in [5, 5.41) is 14.1. The summed E-state index contributed by atoms with van der Waals surface area (Å²) >= 11 is 0. The predicted octanol–water partition coefficient (Wildman–Crippen LogP) is 3.74. The van der Waals surface area contributed by atoms with E-state index in [4.69, 9.17) is 18.9 Å². The van der Waals surface area contributed by atoms with Crippen molar-refractivity contribution in [3.05, 3.63) is 71.8 Å². The molecule has 2 N–H and O–H groups in total. The SMILES string of the molecule is CC(C)CN(C[C@@H](O)[C@H](Cc1ccccc1)NC(=O)O[C@H]1COC2OCCC21)C(=O)OCc1ccccc1. The molecule has 2 fully saturated rings. The van der Waals surface area contributed by atoms with E-state index in [0.717, 1.165) is 17.5 Å². The van der Waals surface area contributed by atoms with Gasteiger partial charge < -0.3 is 34.3 Å². The van der Waals surface area contributed by atoms with Crippen LogP contribution in [0.3, 0.4) is 0 Å². The highest BCUT2D eigenvalue weighted by Crippen LogP contribution is 2.33. The number of hydrogen-bond acceptors (Lipinski definition) is 7. The lowest BCUT2D eigenvalue weighted by molar-refractivity contribution is -0.0907. The van der Waals surface area contributed by atoms with Crippen molar-refractivity contribution in [1.82, 2.24) is 10.2 Å². The van der Waals surface area contributed by atoms with E-state index in [1.165, 1.54) is 4.90 Å². The van der Waals surface area contributed by atoms with E-state index in [2.05, 4.69) is 5.32 Å². The van der Waals surface area contributed by atoms with Crippen LogP contribution in [0.5, 0.6) is 0 Å². The first kappa shape index (κ1) is 27.9. The van der Waals surface area contributed by atoms with Gasteiger partial charge >= 0.3 is 12.2 Å². The van der Waals surface area contributed by atoms with Crippen LogP contribution >= 0.6 is 0 Å². The first-order valence-electron chi connectivity index (χ1n) is 13.3. The van der Waals surface area contributed by atoms with Gasteiger partial charge in [-0.15, -0.1) is 0 Å². The van der Waals surface area contributed by atoms with E-state index in [1.807, 2.05) is 74.5 Å². The molecule has 0 saturated carbocycles. The molecule has 2 heterocycles. The number of nitrogens with zero attached hydrogens (tertiary/aromatic N) is 1. The van der Waals surface area contributed by atoms with Gasteiger partial charge in [-0.1, -0.05) is 74.5 Å². The molecule has 0 spiro atoms. The number of hydrogen-bond donors (Lipinski definition) is 2. The van der Waals surface area contributed by atoms with Crippen molar-refractivity contribution < 1.29 is 33.6 Å². The Hall–Kier alpha value is -3.14. The number of aliphatic hydroxyl groups is 1. The highest BCUT2D eigenvalue weighted by atomic mass is 16.7. The number of amides is 2. The van der Waals surface area contributed by atoms with Crippen molar-refractivity contribution in [3.63, 3.8) is 0 Å². The molecule has 2 saturated heterocycles. The Bertz CT molecular complexity index is 1020. The zero-order valence-corrected chi connectivity index (χ0v) is 22.0. The number of alkyl carbamates (subject to hydrolysis) is 1. The number of carbonyl (C=O) groups is 2. The predicted molar refractivity (Wildman–Crippen MR) is 140 cm³/mol. The van der Waals surface area contributed by atoms with Crippen LogP contribution in [-0.2, 0) is 32.0 Å². The van der Waals surface area contributed by atoms with Gasteiger partial charge in [-0.25, -0.2) is 9.59 Å². The first-order valence-corrected chi connectivity index (χ1v) is 13.3. The van der Waals surface area contributed by atoms with Crippen LogP contribution in [0.15, 0.2) is 60.7 Å². The molecule has 9 heteroatoms. The minimum atomic E-state index is -1.06. The molecular weight excluding hydrogens is 488 g/mol. The van der Waals surface area contributed by atoms with E-state index >= 15 is 0 Å². The lowest BCUT2D eigenvalue weighted by atomic mass is 10.0. The number of fused-ring (bicyclic) bond motifs is 1. The van der Waals surface area contributed by atoms with Crippen LogP contribution in [0.25, 0.3) is 0 Å². The van der Waals surface area contributed by atoms with E-state index in [-0.39, 0.29) is 37.9 Å². The maximum Gasteiger partial charge on any atom is 0.410 e. The van der Waals surface area contributed by atoms with Gasteiger partial charge in [-0.2, -0.15) is 0 Å². The molecule has 0 aliphatic carbocycles. The molecule has 2 aliphatic heterocycles. The van der Waals surface area contributed by atoms with E-state index in [9.17, 15) is 14.7 Å². The Labute approximate surface area is 224 Å². The summed E-state index contributed by atoms with van der Waals surface area (Å²) in [6.45, 7) is 5.37. The fourth-order valence-corrected chi connectivity index (χ4v) is 4.85. The maximum absolute atomic E-state index is 13.0. The van der Waals surface area contributed by atoms with Gasteiger partial charge in [-0.3, -0.25) is 0 Å². The summed E-state index contributed by atoms with van der Waals surface area (Å²) in [7, 11) is 0. The van der Waals surface area contributed by atoms with Gasteiger partial charge in [0.1, 0.15) is 12.7 Å². The summed E-state index contributed by atoms with van der Waals surface area (Å²) in [4.78, 5) is 27.4. The largest absolute Gasteiger partial charge is 0.445 e. The van der Waals surface area contributed by atoms with Gasteiger partial charge in [0.2, 0.25) is 0 Å². The minimum Gasteiger partial charge on any atom is -0.445 e. The second-order valence-corrected chi connectivity index (χ2v) is 10.3. The third kappa shape index (κ3) is 7.93. The number of rotatable bonds is 11. The van der Waals surface area contributed by atoms with Crippen molar-refractivity contribution in [2.75, 3.05) is 26.3 Å². The lowest BCUT2D eigenvalue weighted by Gasteiger charge is -2.31. The quantitative estimate of drug-likeness (QED) is 0.459. The normalized spacial score (nSPS) is 21.9. The minimum absolute atomic E-state index is 0.00530. The zero-order valence-electron chi connectivity index (χ0n) is 22.0. The molecule has 38 heavy (non-hydrogen) atoms. The van der Waals surface area contributed by atoms with E-state index in [0.29, 0.717) is 19.6 Å². The topological polar surface area (TPSA) is 107 Å². The van der Waals surface area contributed by atoms with Gasteiger partial charge in [-0.05, 0) is 29.9 Å². The Morgan fingerprint density at radius 3 is 2.39 bits per heavy atom. The third-order valence-corrected chi connectivity index (χ3v) is 6.77. The van der Waals surface area contributed by atoms with Crippen LogP contribution in [-0.4, -0.2) is 73.0 Å². The molecule has 2 amide bonds. The van der Waals surface area contributed by atoms with E-state index < -0.39 is 30.4 Å². The highest BCUT2D eigenvalue weighted by molar-refractivity contribution is 5.69. The van der Waals surface area contributed by atoms with Crippen molar-refractivity contribution in [2.45, 2.75) is 57.8 Å². The molecule has 2 aliphatic rings. The number of nitrogens with one attached hydrogen (secondary N) is 1. The number of ether oxygens (including phenoxy) is 4. The highest BCUT2D eigenvalue weighted by Gasteiger charge is 2.44. The number of carbonyl (C=O) groups excluding carboxylic acids is 2. The third-order valence-electron chi connectivity index (χ3n) is 6.77. The van der Waals surface area contributed by atoms with Crippen LogP contribution in [0.1, 0.15) is 31.4 Å². The number of benzene rings is 2. The Morgan fingerprint density at radius 2 is 1.71 bits per heavy atom. The summed E-state index contributed by atoms with van der Waals surface area (Å²) in [5.41, 5.74) is 1.82. The molecule has 0 bridgehead atoms. The van der Waals surface area contributed by atoms with Crippen molar-refractivity contribution in [2.24, 2.45) is 11.8 Å². The zero-order chi connectivity index (χ0) is 26.9. The van der Waals surface area contributed by atoms with Crippen LogP contribution < -0.4 is 5.32 Å². The smallest absolute Gasteiger partial charge is 0.410 e. The molecule has 9 nitrogen and oxygen atoms in total. The van der Waals surface area contributed by atoms with Crippen LogP contribution in [0.4, 0.5) is 9.59 Å². The molecule has 0 radical (unpaired) electrons. The standard InChI is InChI=1S/C29H38N2O7/c1-20(2)16-31(29(34)37-18-22-11-7-4-8-12-22)17-25(32)24(15-21-9-5-3-6-10-21)30-28(33)38-26-19-36-27-23(26)13-14-35-27/h3-12,20,23-27,32H,13-19H2,1-2H3,(H,30,33)/t23?,24-,25+,26-,27?/m0/s1. The fourth-order valence-electron chi connectivity index (χ4n) is 4.85. The van der Waals surface area contributed by atoms with Crippen LogP contribution in [0, 0.1) is 11.8 Å². The van der Waals surface area contributed by atoms with Gasteiger partial charge in [0.25, 0.3) is 0 Å². The average Bonchev–Trinajstić information content (AvgIpc) is 3.52. The Morgan fingerprint density at radius 1 is 1.03 bits per heavy atom. The molecule has 0 aromatic heterocycles. The average molecular weight is 527 g/mol. The van der Waals surface area contributed by atoms with Crippen LogP contribution in [0.2, 0.25) is 0 Å². The van der Waals surface area contributed by atoms with Crippen molar-refractivity contribution in [1.29, 1.82) is 0 Å². The molecule has 4 rings (SSSR count). The van der Waals surface area contributed by atoms with Crippen molar-refractivity contribution in [3.8, 4) is 0 Å². The van der Waals surface area contributed by atoms with Crippen molar-refractivity contribution >= 4 is 12.2 Å². The number of aliphatic hydroxyl groups excluding tert-OH is 1. The summed E-state index contributed by atoms with van der Waals surface area (Å²) in [6, 6.07) is 18.3. The maximum atomic E-state index is 13.0. The first-order chi connectivity index (χ1) is 18.4. The lowest BCUT2D eigenvalue weighted by Crippen LogP contribution is -2.52.